The number of hydrogen-bond acceptors (Lipinski definition) is 7. The van der Waals surface area contributed by atoms with Gasteiger partial charge in [-0.2, -0.15) is 5.10 Å². The van der Waals surface area contributed by atoms with Crippen molar-refractivity contribution in [1.82, 2.24) is 4.68 Å². The van der Waals surface area contributed by atoms with Crippen LogP contribution in [0, 0.1) is 0 Å². The van der Waals surface area contributed by atoms with Crippen LogP contribution in [0.3, 0.4) is 0 Å². The number of nitrogens with zero attached hydrogens (tertiary/aromatic N) is 3. The second kappa shape index (κ2) is 9.67. The van der Waals surface area contributed by atoms with Gasteiger partial charge in [0.15, 0.2) is 11.5 Å². The molecule has 0 bridgehead atoms. The quantitative estimate of drug-likeness (QED) is 0.413. The maximum atomic E-state index is 5.49. The molecule has 2 aromatic carbocycles. The van der Waals surface area contributed by atoms with Gasteiger partial charge in [-0.1, -0.05) is 12.1 Å². The summed E-state index contributed by atoms with van der Waals surface area (Å²) in [4.78, 5) is 6.35. The summed E-state index contributed by atoms with van der Waals surface area (Å²) in [6.07, 6.45) is 3.88. The monoisotopic (exact) mass is 429 g/mol. The van der Waals surface area contributed by atoms with E-state index in [4.69, 9.17) is 14.2 Å². The standard InChI is InChI=1S/C21H23N3O3S2/c1-22-21-24(23-12-14-6-8-16(28-5)9-7-14)17(13-29-21)15-10-18(25-2)20(27-4)19(11-15)26-3/h6-13H,1-5H3. The minimum Gasteiger partial charge on any atom is -0.493 e. The number of aromatic nitrogens is 1. The molecule has 152 valence electrons. The normalized spacial score (nSPS) is 11.8. The molecule has 0 saturated carbocycles. The van der Waals surface area contributed by atoms with Gasteiger partial charge in [0.2, 0.25) is 10.6 Å². The smallest absolute Gasteiger partial charge is 0.205 e. The van der Waals surface area contributed by atoms with E-state index in [2.05, 4.69) is 28.5 Å². The lowest BCUT2D eigenvalue weighted by atomic mass is 10.1. The van der Waals surface area contributed by atoms with Gasteiger partial charge in [-0.05, 0) is 36.1 Å². The van der Waals surface area contributed by atoms with Gasteiger partial charge in [0.05, 0.1) is 33.2 Å². The number of thioether (sulfide) groups is 1. The molecule has 0 aliphatic carbocycles. The maximum absolute atomic E-state index is 5.49. The lowest BCUT2D eigenvalue weighted by Crippen LogP contribution is -2.11. The molecule has 8 heteroatoms. The van der Waals surface area contributed by atoms with Crippen molar-refractivity contribution in [3.63, 3.8) is 0 Å². The summed E-state index contributed by atoms with van der Waals surface area (Å²) < 4.78 is 18.2. The molecular formula is C21H23N3O3S2. The molecule has 0 amide bonds. The number of ether oxygens (including phenoxy) is 3. The summed E-state index contributed by atoms with van der Waals surface area (Å²) in [5, 5.41) is 6.69. The molecule has 0 aliphatic heterocycles. The summed E-state index contributed by atoms with van der Waals surface area (Å²) in [5.41, 5.74) is 2.78. The SMILES string of the molecule is CN=c1scc(-c2cc(OC)c(OC)c(OC)c2)n1N=Cc1ccc(SC)cc1. The first-order chi connectivity index (χ1) is 14.1. The van der Waals surface area contributed by atoms with Crippen LogP contribution in [0.4, 0.5) is 0 Å². The summed E-state index contributed by atoms with van der Waals surface area (Å²) >= 11 is 3.23. The highest BCUT2D eigenvalue weighted by Crippen LogP contribution is 2.41. The van der Waals surface area contributed by atoms with Gasteiger partial charge < -0.3 is 14.2 Å². The zero-order valence-corrected chi connectivity index (χ0v) is 18.6. The fraction of sp³-hybridized carbons (Fsp3) is 0.238. The van der Waals surface area contributed by atoms with E-state index < -0.39 is 0 Å². The van der Waals surface area contributed by atoms with Crippen LogP contribution in [-0.4, -0.2) is 45.5 Å². The van der Waals surface area contributed by atoms with Crippen molar-refractivity contribution < 1.29 is 14.2 Å². The molecule has 0 fully saturated rings. The van der Waals surface area contributed by atoms with Gasteiger partial charge in [-0.25, -0.2) is 4.68 Å². The van der Waals surface area contributed by atoms with Crippen LogP contribution in [0.1, 0.15) is 5.56 Å². The fourth-order valence-electron chi connectivity index (χ4n) is 2.80. The fourth-order valence-corrected chi connectivity index (χ4v) is 4.02. The van der Waals surface area contributed by atoms with Crippen LogP contribution in [0.2, 0.25) is 0 Å². The second-order valence-electron chi connectivity index (χ2n) is 5.87. The molecule has 0 radical (unpaired) electrons. The molecule has 29 heavy (non-hydrogen) atoms. The molecule has 0 unspecified atom stereocenters. The van der Waals surface area contributed by atoms with Crippen molar-refractivity contribution in [2.45, 2.75) is 4.90 Å². The molecular weight excluding hydrogens is 406 g/mol. The highest BCUT2D eigenvalue weighted by molar-refractivity contribution is 7.98. The van der Waals surface area contributed by atoms with Crippen molar-refractivity contribution in [3.8, 4) is 28.5 Å². The summed E-state index contributed by atoms with van der Waals surface area (Å²) in [5.74, 6) is 1.73. The minimum absolute atomic E-state index is 0.554. The van der Waals surface area contributed by atoms with E-state index in [0.29, 0.717) is 17.2 Å². The Kier molecular flexibility index (Phi) is 7.00. The van der Waals surface area contributed by atoms with E-state index in [0.717, 1.165) is 21.6 Å². The lowest BCUT2D eigenvalue weighted by Gasteiger charge is -2.14. The Balaban J connectivity index is 2.08. The van der Waals surface area contributed by atoms with Gasteiger partial charge in [0.1, 0.15) is 0 Å². The van der Waals surface area contributed by atoms with Crippen molar-refractivity contribution in [3.05, 3.63) is 52.1 Å². The van der Waals surface area contributed by atoms with Gasteiger partial charge in [-0.15, -0.1) is 23.1 Å². The minimum atomic E-state index is 0.554. The molecule has 0 aliphatic rings. The second-order valence-corrected chi connectivity index (χ2v) is 7.59. The Labute approximate surface area is 178 Å². The first kappa shape index (κ1) is 21.0. The Morgan fingerprint density at radius 3 is 2.17 bits per heavy atom. The number of benzene rings is 2. The molecule has 3 aromatic rings. The van der Waals surface area contributed by atoms with Gasteiger partial charge >= 0.3 is 0 Å². The third kappa shape index (κ3) is 4.49. The predicted molar refractivity (Wildman–Crippen MR) is 120 cm³/mol. The molecule has 3 rings (SSSR count). The Morgan fingerprint density at radius 1 is 1.00 bits per heavy atom. The van der Waals surface area contributed by atoms with Crippen LogP contribution in [0.5, 0.6) is 17.2 Å². The van der Waals surface area contributed by atoms with Gasteiger partial charge in [0.25, 0.3) is 0 Å². The van der Waals surface area contributed by atoms with Crippen LogP contribution in [-0.2, 0) is 0 Å². The molecule has 0 N–H and O–H groups in total. The van der Waals surface area contributed by atoms with Crippen molar-refractivity contribution in [1.29, 1.82) is 0 Å². The van der Waals surface area contributed by atoms with Crippen molar-refractivity contribution in [2.75, 3.05) is 34.6 Å². The highest BCUT2D eigenvalue weighted by Gasteiger charge is 2.16. The van der Waals surface area contributed by atoms with E-state index in [1.807, 2.05) is 40.5 Å². The van der Waals surface area contributed by atoms with Crippen LogP contribution < -0.4 is 19.0 Å². The van der Waals surface area contributed by atoms with E-state index in [1.54, 1.807) is 40.1 Å². The third-order valence-electron chi connectivity index (χ3n) is 4.28. The Bertz CT molecular complexity index is 1040. The summed E-state index contributed by atoms with van der Waals surface area (Å²) in [6.45, 7) is 0. The molecule has 0 spiro atoms. The number of rotatable bonds is 7. The molecule has 0 saturated heterocycles. The molecule has 6 nitrogen and oxygen atoms in total. The Hall–Kier alpha value is -2.71. The van der Waals surface area contributed by atoms with Crippen LogP contribution in [0.25, 0.3) is 11.3 Å². The highest BCUT2D eigenvalue weighted by atomic mass is 32.2. The van der Waals surface area contributed by atoms with Crippen molar-refractivity contribution >= 4 is 29.3 Å². The van der Waals surface area contributed by atoms with Crippen LogP contribution in [0.15, 0.2) is 56.8 Å². The summed E-state index contributed by atoms with van der Waals surface area (Å²) in [6, 6.07) is 12.1. The molecule has 0 atom stereocenters. The topological polar surface area (TPSA) is 57.3 Å². The van der Waals surface area contributed by atoms with Crippen LogP contribution >= 0.6 is 23.1 Å². The third-order valence-corrected chi connectivity index (χ3v) is 5.93. The van der Waals surface area contributed by atoms with Gasteiger partial charge in [-0.3, -0.25) is 4.99 Å². The van der Waals surface area contributed by atoms with E-state index in [9.17, 15) is 0 Å². The first-order valence-corrected chi connectivity index (χ1v) is 10.9. The molecule has 1 aromatic heterocycles. The number of thiazole rings is 1. The zero-order valence-electron chi connectivity index (χ0n) is 17.0. The van der Waals surface area contributed by atoms with E-state index in [1.165, 1.54) is 16.2 Å². The zero-order chi connectivity index (χ0) is 20.8. The maximum Gasteiger partial charge on any atom is 0.205 e. The number of methoxy groups -OCH3 is 3. The average molecular weight is 430 g/mol. The largest absolute Gasteiger partial charge is 0.493 e. The van der Waals surface area contributed by atoms with E-state index in [-0.39, 0.29) is 0 Å². The Morgan fingerprint density at radius 2 is 1.66 bits per heavy atom. The lowest BCUT2D eigenvalue weighted by molar-refractivity contribution is 0.324. The predicted octanol–water partition coefficient (Wildman–Crippen LogP) is 4.38. The molecule has 1 heterocycles. The van der Waals surface area contributed by atoms with Crippen molar-refractivity contribution in [2.24, 2.45) is 10.1 Å². The van der Waals surface area contributed by atoms with Gasteiger partial charge in [0, 0.05) is 22.9 Å². The van der Waals surface area contributed by atoms with E-state index >= 15 is 0 Å². The average Bonchev–Trinajstić information content (AvgIpc) is 3.19. The first-order valence-electron chi connectivity index (χ1n) is 8.77. The summed E-state index contributed by atoms with van der Waals surface area (Å²) in [7, 11) is 6.55. The number of hydrogen-bond donors (Lipinski definition) is 0.